The maximum Gasteiger partial charge on any atom is 0.160 e. The minimum Gasteiger partial charge on any atom is -0.469 e. The van der Waals surface area contributed by atoms with Crippen LogP contribution in [0.2, 0.25) is 5.02 Å². The summed E-state index contributed by atoms with van der Waals surface area (Å²) in [6.45, 7) is 1.96. The van der Waals surface area contributed by atoms with Crippen LogP contribution in [-0.4, -0.2) is 7.05 Å². The molecule has 0 saturated heterocycles. The van der Waals surface area contributed by atoms with Crippen molar-refractivity contribution in [2.24, 2.45) is 0 Å². The summed E-state index contributed by atoms with van der Waals surface area (Å²) in [6.07, 6.45) is 2.29. The molecule has 1 atom stereocenters. The van der Waals surface area contributed by atoms with Crippen LogP contribution >= 0.6 is 11.6 Å². The van der Waals surface area contributed by atoms with Crippen LogP contribution in [0.4, 0.5) is 8.78 Å². The number of benzene rings is 1. The number of aryl methyl sites for hydroxylation is 1. The fourth-order valence-electron chi connectivity index (χ4n) is 2.13. The number of furan rings is 1. The van der Waals surface area contributed by atoms with Crippen molar-refractivity contribution in [2.45, 2.75) is 19.4 Å². The summed E-state index contributed by atoms with van der Waals surface area (Å²) in [5, 5.41) is 3.23. The number of hydrogen-bond acceptors (Lipinski definition) is 2. The van der Waals surface area contributed by atoms with Crippen molar-refractivity contribution in [3.63, 3.8) is 0 Å². The SMILES string of the molecule is CCc1occc1C(NC)c1cc(F)c(F)cc1Cl. The summed E-state index contributed by atoms with van der Waals surface area (Å²) in [6, 6.07) is 3.57. The number of nitrogens with one attached hydrogen (secondary N) is 1. The molecule has 0 saturated carbocycles. The zero-order valence-corrected chi connectivity index (χ0v) is 11.4. The molecule has 1 N–H and O–H groups in total. The van der Waals surface area contributed by atoms with Gasteiger partial charge in [-0.2, -0.15) is 0 Å². The molecule has 19 heavy (non-hydrogen) atoms. The third kappa shape index (κ3) is 2.65. The van der Waals surface area contributed by atoms with Gasteiger partial charge >= 0.3 is 0 Å². The number of halogens is 3. The zero-order chi connectivity index (χ0) is 14.0. The number of rotatable bonds is 4. The second-order valence-electron chi connectivity index (χ2n) is 4.16. The van der Waals surface area contributed by atoms with Crippen LogP contribution in [0.5, 0.6) is 0 Å². The van der Waals surface area contributed by atoms with Crippen LogP contribution in [0.1, 0.15) is 29.9 Å². The molecule has 5 heteroatoms. The molecule has 2 aromatic rings. The van der Waals surface area contributed by atoms with Crippen molar-refractivity contribution in [1.82, 2.24) is 5.32 Å². The Morgan fingerprint density at radius 2 is 1.95 bits per heavy atom. The van der Waals surface area contributed by atoms with Crippen molar-refractivity contribution in [1.29, 1.82) is 0 Å². The van der Waals surface area contributed by atoms with Gasteiger partial charge in [0.15, 0.2) is 11.6 Å². The van der Waals surface area contributed by atoms with Gasteiger partial charge in [-0.25, -0.2) is 8.78 Å². The lowest BCUT2D eigenvalue weighted by molar-refractivity contribution is 0.498. The maximum absolute atomic E-state index is 13.4. The molecule has 0 bridgehead atoms. The lowest BCUT2D eigenvalue weighted by Crippen LogP contribution is -2.19. The minimum atomic E-state index is -0.952. The van der Waals surface area contributed by atoms with Crippen molar-refractivity contribution >= 4 is 11.6 Å². The van der Waals surface area contributed by atoms with Crippen molar-refractivity contribution in [3.05, 3.63) is 58.0 Å². The third-order valence-electron chi connectivity index (χ3n) is 3.05. The monoisotopic (exact) mass is 285 g/mol. The van der Waals surface area contributed by atoms with E-state index in [9.17, 15) is 8.78 Å². The van der Waals surface area contributed by atoms with Gasteiger partial charge in [0, 0.05) is 17.0 Å². The zero-order valence-electron chi connectivity index (χ0n) is 10.6. The van der Waals surface area contributed by atoms with Gasteiger partial charge in [0.1, 0.15) is 5.76 Å². The first kappa shape index (κ1) is 14.0. The van der Waals surface area contributed by atoms with Gasteiger partial charge in [-0.15, -0.1) is 0 Å². The topological polar surface area (TPSA) is 25.2 Å². The molecule has 0 amide bonds. The molecule has 1 aromatic carbocycles. The van der Waals surface area contributed by atoms with Crippen molar-refractivity contribution in [2.75, 3.05) is 7.05 Å². The Morgan fingerprint density at radius 3 is 2.58 bits per heavy atom. The second-order valence-corrected chi connectivity index (χ2v) is 4.57. The molecule has 1 unspecified atom stereocenters. The van der Waals surface area contributed by atoms with Gasteiger partial charge in [0.2, 0.25) is 0 Å². The molecule has 1 aromatic heterocycles. The summed E-state index contributed by atoms with van der Waals surface area (Å²) in [5.41, 5.74) is 1.36. The predicted molar refractivity (Wildman–Crippen MR) is 70.4 cm³/mol. The van der Waals surface area contributed by atoms with Gasteiger partial charge in [0.25, 0.3) is 0 Å². The molecule has 0 spiro atoms. The second kappa shape index (κ2) is 5.72. The van der Waals surface area contributed by atoms with E-state index in [2.05, 4.69) is 5.32 Å². The molecule has 0 radical (unpaired) electrons. The smallest absolute Gasteiger partial charge is 0.160 e. The van der Waals surface area contributed by atoms with E-state index in [-0.39, 0.29) is 11.1 Å². The molecule has 2 nitrogen and oxygen atoms in total. The summed E-state index contributed by atoms with van der Waals surface area (Å²) < 4.78 is 31.9. The Kier molecular flexibility index (Phi) is 4.22. The average molecular weight is 286 g/mol. The average Bonchev–Trinajstić information content (AvgIpc) is 2.84. The van der Waals surface area contributed by atoms with E-state index < -0.39 is 11.6 Å². The summed E-state index contributed by atoms with van der Waals surface area (Å²) >= 11 is 6.01. The van der Waals surface area contributed by atoms with Crippen LogP contribution in [0.15, 0.2) is 28.9 Å². The molecule has 102 valence electrons. The quantitative estimate of drug-likeness (QED) is 0.856. The van der Waals surface area contributed by atoms with Crippen LogP contribution in [0, 0.1) is 11.6 Å². The molecule has 0 aliphatic heterocycles. The first-order valence-corrected chi connectivity index (χ1v) is 6.34. The van der Waals surface area contributed by atoms with Crippen molar-refractivity contribution < 1.29 is 13.2 Å². The standard InChI is InChI=1S/C14H14ClF2NO/c1-3-13-8(4-5-19-13)14(18-2)9-6-11(16)12(17)7-10(9)15/h4-7,14,18H,3H2,1-2H3. The highest BCUT2D eigenvalue weighted by molar-refractivity contribution is 6.31. The normalized spacial score (nSPS) is 12.7. The van der Waals surface area contributed by atoms with Crippen molar-refractivity contribution in [3.8, 4) is 0 Å². The van der Waals surface area contributed by atoms with Crippen LogP contribution < -0.4 is 5.32 Å². The van der Waals surface area contributed by atoms with Gasteiger partial charge in [-0.1, -0.05) is 18.5 Å². The molecule has 1 heterocycles. The Labute approximate surface area is 115 Å². The highest BCUT2D eigenvalue weighted by Gasteiger charge is 2.21. The predicted octanol–water partition coefficient (Wildman–Crippen LogP) is 4.08. The van der Waals surface area contributed by atoms with Gasteiger partial charge in [-0.05, 0) is 30.8 Å². The minimum absolute atomic E-state index is 0.182. The van der Waals surface area contributed by atoms with E-state index in [4.69, 9.17) is 16.0 Å². The molecular formula is C14H14ClF2NO. The first-order chi connectivity index (χ1) is 9.08. The lowest BCUT2D eigenvalue weighted by Gasteiger charge is -2.18. The van der Waals surface area contributed by atoms with E-state index in [0.717, 1.165) is 23.5 Å². The Morgan fingerprint density at radius 1 is 1.26 bits per heavy atom. The van der Waals surface area contributed by atoms with Gasteiger partial charge in [0.05, 0.1) is 12.3 Å². The van der Waals surface area contributed by atoms with E-state index in [0.29, 0.717) is 12.0 Å². The van der Waals surface area contributed by atoms with E-state index in [1.807, 2.05) is 6.92 Å². The Bertz CT molecular complexity index is 583. The van der Waals surface area contributed by atoms with Crippen LogP contribution in [0.3, 0.4) is 0 Å². The van der Waals surface area contributed by atoms with Gasteiger partial charge in [-0.3, -0.25) is 0 Å². The fraction of sp³-hybridized carbons (Fsp3) is 0.286. The Hall–Kier alpha value is -1.39. The summed E-state index contributed by atoms with van der Waals surface area (Å²) in [4.78, 5) is 0. The molecule has 0 aliphatic carbocycles. The van der Waals surface area contributed by atoms with E-state index >= 15 is 0 Å². The largest absolute Gasteiger partial charge is 0.469 e. The van der Waals surface area contributed by atoms with E-state index in [1.54, 1.807) is 19.4 Å². The number of hydrogen-bond donors (Lipinski definition) is 1. The van der Waals surface area contributed by atoms with Crippen LogP contribution in [-0.2, 0) is 6.42 Å². The van der Waals surface area contributed by atoms with E-state index in [1.165, 1.54) is 0 Å². The molecular weight excluding hydrogens is 272 g/mol. The fourth-order valence-corrected chi connectivity index (χ4v) is 2.39. The first-order valence-electron chi connectivity index (χ1n) is 5.96. The summed E-state index contributed by atoms with van der Waals surface area (Å²) in [7, 11) is 1.73. The third-order valence-corrected chi connectivity index (χ3v) is 3.38. The Balaban J connectivity index is 2.51. The molecule has 0 aliphatic rings. The highest BCUT2D eigenvalue weighted by Crippen LogP contribution is 2.32. The van der Waals surface area contributed by atoms with Gasteiger partial charge < -0.3 is 9.73 Å². The van der Waals surface area contributed by atoms with Crippen LogP contribution in [0.25, 0.3) is 0 Å². The lowest BCUT2D eigenvalue weighted by atomic mass is 9.98. The molecule has 0 fully saturated rings. The summed E-state index contributed by atoms with van der Waals surface area (Å²) in [5.74, 6) is -1.08. The highest BCUT2D eigenvalue weighted by atomic mass is 35.5. The molecule has 2 rings (SSSR count). The maximum atomic E-state index is 13.4.